The van der Waals surface area contributed by atoms with Crippen LogP contribution in [0.15, 0.2) is 51.7 Å². The Labute approximate surface area is 165 Å². The summed E-state index contributed by atoms with van der Waals surface area (Å²) < 4.78 is 31.4. The van der Waals surface area contributed by atoms with Crippen molar-refractivity contribution in [3.8, 4) is 0 Å². The number of ether oxygens (including phenoxy) is 1. The van der Waals surface area contributed by atoms with Gasteiger partial charge in [-0.1, -0.05) is 17.4 Å². The minimum absolute atomic E-state index is 0.241. The topological polar surface area (TPSA) is 77.7 Å². The lowest BCUT2D eigenvalue weighted by atomic mass is 10.3. The summed E-state index contributed by atoms with van der Waals surface area (Å²) in [4.78, 5) is 18.2. The Hall–Kier alpha value is -2.07. The number of methoxy groups -OCH3 is 1. The smallest absolute Gasteiger partial charge is 0.272 e. The normalized spacial score (nSPS) is 13.0. The van der Waals surface area contributed by atoms with Crippen molar-refractivity contribution in [3.05, 3.63) is 51.5 Å². The van der Waals surface area contributed by atoms with Gasteiger partial charge in [0.05, 0.1) is 21.7 Å². The van der Waals surface area contributed by atoms with E-state index in [4.69, 9.17) is 4.74 Å². The zero-order valence-electron chi connectivity index (χ0n) is 14.8. The van der Waals surface area contributed by atoms with Crippen LogP contribution in [0.5, 0.6) is 0 Å². The molecule has 142 valence electrons. The summed E-state index contributed by atoms with van der Waals surface area (Å²) in [5.41, 5.74) is 0.818. The molecule has 3 aromatic rings. The predicted molar refractivity (Wildman–Crippen MR) is 109 cm³/mol. The number of benzene rings is 1. The van der Waals surface area contributed by atoms with Crippen LogP contribution in [0.1, 0.15) is 4.88 Å². The number of amides is 1. The van der Waals surface area contributed by atoms with Gasteiger partial charge in [-0.3, -0.25) is 4.79 Å². The fourth-order valence-electron chi connectivity index (χ4n) is 2.44. The zero-order chi connectivity index (χ0) is 19.4. The number of aromatic nitrogens is 1. The first-order valence-electron chi connectivity index (χ1n) is 8.01. The first-order chi connectivity index (χ1) is 12.9. The van der Waals surface area contributed by atoms with Crippen LogP contribution in [0, 0.1) is 0 Å². The standard InChI is InChI=1S/C18H18N2O4S3/c1-24-10-9-20-15-7-6-14(27(2,22)23)12-16(15)26-18(20)19-17(21)8-5-13-4-3-11-25-13/h3-8,11-12H,9-10H2,1-2H3. The van der Waals surface area contributed by atoms with Gasteiger partial charge in [-0.15, -0.1) is 11.3 Å². The van der Waals surface area contributed by atoms with Crippen molar-refractivity contribution in [2.24, 2.45) is 4.99 Å². The van der Waals surface area contributed by atoms with Gasteiger partial charge in [0.1, 0.15) is 0 Å². The van der Waals surface area contributed by atoms with Crippen molar-refractivity contribution in [1.82, 2.24) is 4.57 Å². The monoisotopic (exact) mass is 422 g/mol. The van der Waals surface area contributed by atoms with Gasteiger partial charge in [-0.2, -0.15) is 4.99 Å². The minimum atomic E-state index is -3.31. The maximum Gasteiger partial charge on any atom is 0.272 e. The van der Waals surface area contributed by atoms with Gasteiger partial charge in [0.15, 0.2) is 14.6 Å². The number of sulfone groups is 1. The number of rotatable bonds is 6. The van der Waals surface area contributed by atoms with E-state index < -0.39 is 9.84 Å². The van der Waals surface area contributed by atoms with Crippen molar-refractivity contribution >= 4 is 54.7 Å². The minimum Gasteiger partial charge on any atom is -0.383 e. The second-order valence-electron chi connectivity index (χ2n) is 5.73. The SMILES string of the molecule is COCCn1c(=NC(=O)C=Cc2cccs2)sc2cc(S(C)(=O)=O)ccc21. The van der Waals surface area contributed by atoms with E-state index in [1.165, 1.54) is 35.0 Å². The molecule has 0 spiro atoms. The molecule has 0 saturated heterocycles. The second kappa shape index (κ2) is 8.30. The summed E-state index contributed by atoms with van der Waals surface area (Å²) in [5.74, 6) is -0.371. The molecule has 0 atom stereocenters. The van der Waals surface area contributed by atoms with Crippen molar-refractivity contribution in [2.75, 3.05) is 20.0 Å². The van der Waals surface area contributed by atoms with Crippen molar-refractivity contribution in [1.29, 1.82) is 0 Å². The molecule has 0 aliphatic carbocycles. The van der Waals surface area contributed by atoms with Gasteiger partial charge < -0.3 is 9.30 Å². The number of hydrogen-bond donors (Lipinski definition) is 0. The number of thiazole rings is 1. The number of hydrogen-bond acceptors (Lipinski definition) is 6. The number of thiophene rings is 1. The molecule has 9 heteroatoms. The molecule has 0 aliphatic heterocycles. The molecule has 0 bridgehead atoms. The third-order valence-electron chi connectivity index (χ3n) is 3.74. The summed E-state index contributed by atoms with van der Waals surface area (Å²) in [6.07, 6.45) is 4.33. The van der Waals surface area contributed by atoms with Crippen LogP contribution in [0.4, 0.5) is 0 Å². The predicted octanol–water partition coefficient (Wildman–Crippen LogP) is 2.95. The van der Waals surface area contributed by atoms with E-state index in [9.17, 15) is 13.2 Å². The zero-order valence-corrected chi connectivity index (χ0v) is 17.2. The average Bonchev–Trinajstić information content (AvgIpc) is 3.24. The van der Waals surface area contributed by atoms with Crippen LogP contribution in [0.2, 0.25) is 0 Å². The van der Waals surface area contributed by atoms with E-state index in [1.54, 1.807) is 31.4 Å². The van der Waals surface area contributed by atoms with Crippen LogP contribution in [0.25, 0.3) is 16.3 Å². The molecule has 0 saturated carbocycles. The lowest BCUT2D eigenvalue weighted by Gasteiger charge is -2.04. The molecular weight excluding hydrogens is 404 g/mol. The maximum atomic E-state index is 12.3. The Morgan fingerprint density at radius 1 is 1.33 bits per heavy atom. The molecule has 1 amide bonds. The first-order valence-corrected chi connectivity index (χ1v) is 11.6. The van der Waals surface area contributed by atoms with Crippen LogP contribution in [0.3, 0.4) is 0 Å². The number of carbonyl (C=O) groups excluding carboxylic acids is 1. The highest BCUT2D eigenvalue weighted by Crippen LogP contribution is 2.22. The van der Waals surface area contributed by atoms with Crippen LogP contribution >= 0.6 is 22.7 Å². The van der Waals surface area contributed by atoms with E-state index in [2.05, 4.69) is 4.99 Å². The van der Waals surface area contributed by atoms with Crippen molar-refractivity contribution in [3.63, 3.8) is 0 Å². The Balaban J connectivity index is 2.05. The molecule has 0 N–H and O–H groups in total. The second-order valence-corrected chi connectivity index (χ2v) is 9.73. The number of carbonyl (C=O) groups is 1. The van der Waals surface area contributed by atoms with Gasteiger partial charge >= 0.3 is 0 Å². The van der Waals surface area contributed by atoms with E-state index >= 15 is 0 Å². The van der Waals surface area contributed by atoms with Crippen LogP contribution < -0.4 is 4.80 Å². The number of fused-ring (bicyclic) bond motifs is 1. The third kappa shape index (κ3) is 4.81. The Morgan fingerprint density at radius 2 is 2.15 bits per heavy atom. The molecule has 1 aromatic carbocycles. The van der Waals surface area contributed by atoms with E-state index in [-0.39, 0.29) is 10.8 Å². The fraction of sp³-hybridized carbons (Fsp3) is 0.222. The molecular formula is C18H18N2O4S3. The molecule has 2 heterocycles. The van der Waals surface area contributed by atoms with Crippen LogP contribution in [-0.2, 0) is 25.9 Å². The van der Waals surface area contributed by atoms with Gasteiger partial charge in [0.25, 0.3) is 5.91 Å². The quantitative estimate of drug-likeness (QED) is 0.572. The molecule has 2 aromatic heterocycles. The first kappa shape index (κ1) is 19.7. The molecule has 27 heavy (non-hydrogen) atoms. The summed E-state index contributed by atoms with van der Waals surface area (Å²) in [6.45, 7) is 0.960. The largest absolute Gasteiger partial charge is 0.383 e. The lowest BCUT2D eigenvalue weighted by molar-refractivity contribution is -0.113. The van der Waals surface area contributed by atoms with Gasteiger partial charge in [0.2, 0.25) is 0 Å². The summed E-state index contributed by atoms with van der Waals surface area (Å²) in [7, 11) is -1.71. The molecule has 0 radical (unpaired) electrons. The van der Waals surface area contributed by atoms with Gasteiger partial charge in [-0.05, 0) is 35.7 Å². The lowest BCUT2D eigenvalue weighted by Crippen LogP contribution is -2.18. The Kier molecular flexibility index (Phi) is 6.05. The molecule has 0 fully saturated rings. The van der Waals surface area contributed by atoms with Crippen molar-refractivity contribution < 1.29 is 17.9 Å². The van der Waals surface area contributed by atoms with E-state index in [0.29, 0.717) is 18.0 Å². The molecule has 6 nitrogen and oxygen atoms in total. The highest BCUT2D eigenvalue weighted by atomic mass is 32.2. The summed E-state index contributed by atoms with van der Waals surface area (Å²) in [6, 6.07) is 8.75. The van der Waals surface area contributed by atoms with E-state index in [0.717, 1.165) is 15.1 Å². The Morgan fingerprint density at radius 3 is 2.81 bits per heavy atom. The average molecular weight is 423 g/mol. The summed E-state index contributed by atoms with van der Waals surface area (Å²) >= 11 is 2.82. The molecule has 0 unspecified atom stereocenters. The fourth-order valence-corrected chi connectivity index (χ4v) is 4.88. The number of nitrogens with zero attached hydrogens (tertiary/aromatic N) is 2. The van der Waals surface area contributed by atoms with Gasteiger partial charge in [-0.25, -0.2) is 8.42 Å². The van der Waals surface area contributed by atoms with Gasteiger partial charge in [0, 0.05) is 30.9 Å². The van der Waals surface area contributed by atoms with Crippen LogP contribution in [-0.4, -0.2) is 38.9 Å². The van der Waals surface area contributed by atoms with E-state index in [1.807, 2.05) is 22.1 Å². The molecule has 3 rings (SSSR count). The van der Waals surface area contributed by atoms with Crippen molar-refractivity contribution in [2.45, 2.75) is 11.4 Å². The summed E-state index contributed by atoms with van der Waals surface area (Å²) in [5, 5.41) is 1.94. The highest BCUT2D eigenvalue weighted by Gasteiger charge is 2.12. The third-order valence-corrected chi connectivity index (χ3v) is 6.73. The Bertz CT molecular complexity index is 1150. The maximum absolute atomic E-state index is 12.3. The molecule has 0 aliphatic rings. The highest BCUT2D eigenvalue weighted by molar-refractivity contribution is 7.90.